The maximum atomic E-state index is 12.6. The van der Waals surface area contributed by atoms with Crippen LogP contribution in [-0.2, 0) is 4.74 Å². The minimum absolute atomic E-state index is 0.00188. The number of pyridine rings is 2. The van der Waals surface area contributed by atoms with Gasteiger partial charge in [-0.25, -0.2) is 14.5 Å². The maximum Gasteiger partial charge on any atom is 0.340 e. The van der Waals surface area contributed by atoms with Gasteiger partial charge in [0.15, 0.2) is 0 Å². The number of halogens is 1. The van der Waals surface area contributed by atoms with E-state index in [2.05, 4.69) is 10.4 Å². The van der Waals surface area contributed by atoms with Gasteiger partial charge in [-0.1, -0.05) is 29.8 Å². The van der Waals surface area contributed by atoms with E-state index >= 15 is 0 Å². The highest BCUT2D eigenvalue weighted by Crippen LogP contribution is 2.16. The molecule has 0 spiro atoms. The largest absolute Gasteiger partial charge is 0.465 e. The zero-order chi connectivity index (χ0) is 18.0. The highest BCUT2D eigenvalue weighted by Gasteiger charge is 2.17. The first-order chi connectivity index (χ1) is 12.0. The summed E-state index contributed by atoms with van der Waals surface area (Å²) in [6, 6.07) is 9.57. The topological polar surface area (TPSA) is 90.3 Å². The second kappa shape index (κ2) is 6.74. The van der Waals surface area contributed by atoms with Crippen molar-refractivity contribution in [2.75, 3.05) is 12.5 Å². The van der Waals surface area contributed by atoms with E-state index in [4.69, 9.17) is 16.3 Å². The highest BCUT2D eigenvalue weighted by atomic mass is 35.5. The number of amides is 1. The summed E-state index contributed by atoms with van der Waals surface area (Å²) in [6.07, 6.45) is 2.66. The van der Waals surface area contributed by atoms with Crippen LogP contribution in [0.4, 0.5) is 0 Å². The molecule has 0 saturated heterocycles. The average Bonchev–Trinajstić information content (AvgIpc) is 2.63. The smallest absolute Gasteiger partial charge is 0.340 e. The molecule has 0 radical (unpaired) electrons. The number of carbonyl (C=O) groups excluding carboxylic acids is 2. The Morgan fingerprint density at radius 3 is 2.52 bits per heavy atom. The van der Waals surface area contributed by atoms with Gasteiger partial charge in [0.25, 0.3) is 11.5 Å². The van der Waals surface area contributed by atoms with Gasteiger partial charge in [-0.2, -0.15) is 0 Å². The molecule has 1 N–H and O–H groups in total. The third-order valence-electron chi connectivity index (χ3n) is 3.56. The van der Waals surface area contributed by atoms with Gasteiger partial charge in [-0.05, 0) is 18.2 Å². The lowest BCUT2D eigenvalue weighted by Gasteiger charge is -2.12. The summed E-state index contributed by atoms with van der Waals surface area (Å²) < 4.78 is 5.68. The Bertz CT molecular complexity index is 1050. The van der Waals surface area contributed by atoms with Crippen LogP contribution in [0.5, 0.6) is 0 Å². The van der Waals surface area contributed by atoms with E-state index in [0.29, 0.717) is 5.39 Å². The van der Waals surface area contributed by atoms with Gasteiger partial charge < -0.3 is 4.74 Å². The van der Waals surface area contributed by atoms with E-state index in [1.807, 2.05) is 0 Å². The molecule has 0 aliphatic carbocycles. The van der Waals surface area contributed by atoms with Crippen molar-refractivity contribution in [3.8, 4) is 0 Å². The third kappa shape index (κ3) is 3.09. The molecule has 3 aromatic rings. The number of ether oxygens (including phenoxy) is 1. The van der Waals surface area contributed by atoms with Gasteiger partial charge >= 0.3 is 5.97 Å². The first-order valence-electron chi connectivity index (χ1n) is 7.17. The van der Waals surface area contributed by atoms with Gasteiger partial charge in [-0.3, -0.25) is 15.0 Å². The Labute approximate surface area is 146 Å². The lowest BCUT2D eigenvalue weighted by atomic mass is 10.1. The molecule has 126 valence electrons. The van der Waals surface area contributed by atoms with Crippen molar-refractivity contribution in [3.63, 3.8) is 0 Å². The summed E-state index contributed by atoms with van der Waals surface area (Å²) >= 11 is 5.89. The summed E-state index contributed by atoms with van der Waals surface area (Å²) in [4.78, 5) is 40.8. The van der Waals surface area contributed by atoms with Crippen molar-refractivity contribution in [3.05, 3.63) is 75.4 Å². The molecule has 3 rings (SSSR count). The predicted octanol–water partition coefficient (Wildman–Crippen LogP) is 2.22. The van der Waals surface area contributed by atoms with Gasteiger partial charge in [0.2, 0.25) is 0 Å². The van der Waals surface area contributed by atoms with E-state index in [1.165, 1.54) is 25.6 Å². The molecule has 0 unspecified atom stereocenters. The maximum absolute atomic E-state index is 12.6. The lowest BCUT2D eigenvalue weighted by molar-refractivity contribution is 0.0601. The molecule has 0 fully saturated rings. The first-order valence-corrected chi connectivity index (χ1v) is 7.55. The van der Waals surface area contributed by atoms with Crippen LogP contribution in [0.1, 0.15) is 20.7 Å². The number of carbonyl (C=O) groups is 2. The van der Waals surface area contributed by atoms with Crippen molar-refractivity contribution in [2.24, 2.45) is 0 Å². The lowest BCUT2D eigenvalue weighted by Crippen LogP contribution is -2.34. The van der Waals surface area contributed by atoms with Gasteiger partial charge in [-0.15, -0.1) is 0 Å². The molecule has 1 aromatic carbocycles. The molecule has 0 bridgehead atoms. The molecule has 0 aliphatic heterocycles. The van der Waals surface area contributed by atoms with Crippen LogP contribution >= 0.6 is 11.6 Å². The van der Waals surface area contributed by atoms with Crippen LogP contribution in [0.15, 0.2) is 53.6 Å². The SMILES string of the molecule is COC(=O)c1cn(NC(=O)c2cccnc2Cl)c(=O)c2ccccc12. The fraction of sp³-hybridized carbons (Fsp3) is 0.0588. The standard InChI is InChI=1S/C17H12ClN3O4/c1-25-17(24)13-9-21(16(23)11-6-3-2-5-10(11)13)20-15(22)12-7-4-8-19-14(12)18/h2-9H,1H3,(H,20,22). The van der Waals surface area contributed by atoms with E-state index in [0.717, 1.165) is 4.68 Å². The van der Waals surface area contributed by atoms with Crippen LogP contribution in [0.25, 0.3) is 10.8 Å². The van der Waals surface area contributed by atoms with Crippen molar-refractivity contribution in [1.29, 1.82) is 0 Å². The number of fused-ring (bicyclic) bond motifs is 1. The van der Waals surface area contributed by atoms with Crippen LogP contribution in [0.2, 0.25) is 5.15 Å². The fourth-order valence-corrected chi connectivity index (χ4v) is 2.58. The first kappa shape index (κ1) is 16.7. The van der Waals surface area contributed by atoms with Gasteiger partial charge in [0, 0.05) is 23.2 Å². The molecule has 0 saturated carbocycles. The van der Waals surface area contributed by atoms with Crippen molar-refractivity contribution in [2.45, 2.75) is 0 Å². The Kier molecular flexibility index (Phi) is 4.49. The van der Waals surface area contributed by atoms with E-state index in [1.54, 1.807) is 30.3 Å². The van der Waals surface area contributed by atoms with Crippen molar-refractivity contribution >= 4 is 34.2 Å². The summed E-state index contributed by atoms with van der Waals surface area (Å²) in [5.74, 6) is -1.26. The molecule has 7 nitrogen and oxygen atoms in total. The quantitative estimate of drug-likeness (QED) is 0.573. The number of rotatable bonds is 3. The minimum atomic E-state index is -0.633. The second-order valence-electron chi connectivity index (χ2n) is 5.04. The number of esters is 1. The minimum Gasteiger partial charge on any atom is -0.465 e. The van der Waals surface area contributed by atoms with Crippen LogP contribution in [-0.4, -0.2) is 28.6 Å². The Morgan fingerprint density at radius 2 is 1.84 bits per heavy atom. The number of hydrogen-bond donors (Lipinski definition) is 1. The van der Waals surface area contributed by atoms with Crippen molar-refractivity contribution < 1.29 is 14.3 Å². The molecule has 0 atom stereocenters. The number of benzene rings is 1. The van der Waals surface area contributed by atoms with E-state index in [9.17, 15) is 14.4 Å². The Hall–Kier alpha value is -3.19. The molecule has 2 heterocycles. The Morgan fingerprint density at radius 1 is 1.12 bits per heavy atom. The van der Waals surface area contributed by atoms with Crippen molar-refractivity contribution in [1.82, 2.24) is 9.66 Å². The highest BCUT2D eigenvalue weighted by molar-refractivity contribution is 6.33. The second-order valence-corrected chi connectivity index (χ2v) is 5.40. The normalized spacial score (nSPS) is 10.5. The third-order valence-corrected chi connectivity index (χ3v) is 3.86. The number of nitrogens with one attached hydrogen (secondary N) is 1. The van der Waals surface area contributed by atoms with Crippen LogP contribution < -0.4 is 11.0 Å². The number of hydrogen-bond acceptors (Lipinski definition) is 5. The summed E-state index contributed by atoms with van der Waals surface area (Å²) in [5, 5.41) is 0.703. The molecule has 8 heteroatoms. The monoisotopic (exact) mass is 357 g/mol. The predicted molar refractivity (Wildman–Crippen MR) is 92.5 cm³/mol. The van der Waals surface area contributed by atoms with Crippen LogP contribution in [0, 0.1) is 0 Å². The molecular weight excluding hydrogens is 346 g/mol. The van der Waals surface area contributed by atoms with E-state index in [-0.39, 0.29) is 21.7 Å². The summed E-state index contributed by atoms with van der Waals surface area (Å²) in [5.41, 5.74) is 2.17. The molecule has 0 aliphatic rings. The summed E-state index contributed by atoms with van der Waals surface area (Å²) in [7, 11) is 1.24. The molecule has 1 amide bonds. The zero-order valence-electron chi connectivity index (χ0n) is 13.0. The number of nitrogens with zero attached hydrogens (tertiary/aromatic N) is 2. The summed E-state index contributed by atoms with van der Waals surface area (Å²) in [6.45, 7) is 0. The average molecular weight is 358 g/mol. The van der Waals surface area contributed by atoms with E-state index < -0.39 is 17.4 Å². The van der Waals surface area contributed by atoms with Crippen LogP contribution in [0.3, 0.4) is 0 Å². The molecule has 25 heavy (non-hydrogen) atoms. The number of aromatic nitrogens is 2. The zero-order valence-corrected chi connectivity index (χ0v) is 13.8. The fourth-order valence-electron chi connectivity index (χ4n) is 2.37. The van der Waals surface area contributed by atoms with Gasteiger partial charge in [0.05, 0.1) is 18.2 Å². The molecule has 2 aromatic heterocycles. The number of methoxy groups -OCH3 is 1. The molecular formula is C17H12ClN3O4. The van der Waals surface area contributed by atoms with Gasteiger partial charge in [0.1, 0.15) is 5.15 Å². The Balaban J connectivity index is 2.12.